The number of para-hydroxylation sites is 2. The fraction of sp³-hybridized carbons (Fsp3) is 0.304. The third-order valence-electron chi connectivity index (χ3n) is 5.70. The van der Waals surface area contributed by atoms with E-state index in [1.54, 1.807) is 0 Å². The molecule has 0 amide bonds. The van der Waals surface area contributed by atoms with Crippen molar-refractivity contribution in [1.29, 1.82) is 0 Å². The van der Waals surface area contributed by atoms with Crippen molar-refractivity contribution in [2.75, 3.05) is 5.32 Å². The fourth-order valence-corrected chi connectivity index (χ4v) is 4.49. The molecule has 0 bridgehead atoms. The number of aryl methyl sites for hydroxylation is 1. The summed E-state index contributed by atoms with van der Waals surface area (Å²) >= 11 is 0. The van der Waals surface area contributed by atoms with E-state index in [2.05, 4.69) is 61.0 Å². The summed E-state index contributed by atoms with van der Waals surface area (Å²) in [6, 6.07) is 16.5. The fourth-order valence-electron chi connectivity index (χ4n) is 4.49. The van der Waals surface area contributed by atoms with Gasteiger partial charge in [-0.1, -0.05) is 55.8 Å². The number of hydrogen-bond acceptors (Lipinski definition) is 3. The molecule has 2 aromatic carbocycles. The van der Waals surface area contributed by atoms with Gasteiger partial charge in [0.05, 0.1) is 17.1 Å². The molecule has 1 unspecified atom stereocenters. The largest absolute Gasteiger partial charge is 0.329 e. The Kier molecular flexibility index (Phi) is 3.36. The molecular formula is C23H23N3O. The molecule has 0 saturated heterocycles. The lowest BCUT2D eigenvalue weighted by Gasteiger charge is -2.39. The number of Topliss-reactive ketones (excluding diaryl/α,β-unsaturated/α-hetero) is 1. The highest BCUT2D eigenvalue weighted by Gasteiger charge is 2.41. The molecule has 2 heterocycles. The van der Waals surface area contributed by atoms with E-state index in [4.69, 9.17) is 4.98 Å². The van der Waals surface area contributed by atoms with Gasteiger partial charge in [0.2, 0.25) is 5.95 Å². The molecule has 1 aliphatic heterocycles. The topological polar surface area (TPSA) is 46.9 Å². The van der Waals surface area contributed by atoms with Crippen LogP contribution in [-0.2, 0) is 4.79 Å². The minimum absolute atomic E-state index is 0.0328. The zero-order valence-corrected chi connectivity index (χ0v) is 15.9. The van der Waals surface area contributed by atoms with Crippen LogP contribution in [0.25, 0.3) is 11.0 Å². The lowest BCUT2D eigenvalue weighted by Crippen LogP contribution is -2.36. The summed E-state index contributed by atoms with van der Waals surface area (Å²) in [7, 11) is 0. The average Bonchev–Trinajstić information content (AvgIpc) is 2.97. The van der Waals surface area contributed by atoms with Crippen molar-refractivity contribution in [2.45, 2.75) is 39.7 Å². The van der Waals surface area contributed by atoms with Crippen LogP contribution in [0.3, 0.4) is 0 Å². The van der Waals surface area contributed by atoms with Crippen LogP contribution < -0.4 is 5.32 Å². The first-order valence-corrected chi connectivity index (χ1v) is 9.50. The molecule has 4 nitrogen and oxygen atoms in total. The van der Waals surface area contributed by atoms with Gasteiger partial charge in [0.1, 0.15) is 0 Å². The lowest BCUT2D eigenvalue weighted by molar-refractivity contribution is -0.118. The predicted molar refractivity (Wildman–Crippen MR) is 108 cm³/mol. The zero-order valence-electron chi connectivity index (χ0n) is 15.9. The first-order valence-electron chi connectivity index (χ1n) is 9.50. The molecule has 2 aliphatic rings. The summed E-state index contributed by atoms with van der Waals surface area (Å²) in [6.07, 6.45) is 1.44. The molecule has 1 aliphatic carbocycles. The van der Waals surface area contributed by atoms with E-state index >= 15 is 0 Å². The van der Waals surface area contributed by atoms with E-state index < -0.39 is 0 Å². The molecule has 4 heteroatoms. The highest BCUT2D eigenvalue weighted by molar-refractivity contribution is 6.00. The Hall–Kier alpha value is -2.88. The zero-order chi connectivity index (χ0) is 18.8. The maximum absolute atomic E-state index is 13.2. The van der Waals surface area contributed by atoms with Gasteiger partial charge in [0.25, 0.3) is 0 Å². The maximum atomic E-state index is 13.2. The number of imidazole rings is 1. The molecule has 0 spiro atoms. The third kappa shape index (κ3) is 2.51. The van der Waals surface area contributed by atoms with Crippen molar-refractivity contribution in [1.82, 2.24) is 9.55 Å². The minimum atomic E-state index is -0.132. The van der Waals surface area contributed by atoms with Crippen molar-refractivity contribution in [3.05, 3.63) is 70.9 Å². The van der Waals surface area contributed by atoms with Crippen LogP contribution in [-0.4, -0.2) is 15.3 Å². The van der Waals surface area contributed by atoms with Gasteiger partial charge < -0.3 is 5.32 Å². The van der Waals surface area contributed by atoms with Crippen molar-refractivity contribution >= 4 is 22.8 Å². The Morgan fingerprint density at radius 2 is 1.81 bits per heavy atom. The van der Waals surface area contributed by atoms with Gasteiger partial charge >= 0.3 is 0 Å². The number of fused-ring (bicyclic) bond motifs is 3. The van der Waals surface area contributed by atoms with Gasteiger partial charge in [-0.2, -0.15) is 0 Å². The van der Waals surface area contributed by atoms with Crippen LogP contribution in [0.2, 0.25) is 0 Å². The summed E-state index contributed by atoms with van der Waals surface area (Å²) in [4.78, 5) is 18.0. The smallest absolute Gasteiger partial charge is 0.209 e. The normalized spacial score (nSPS) is 21.0. The molecule has 0 radical (unpaired) electrons. The van der Waals surface area contributed by atoms with Gasteiger partial charge in [0.15, 0.2) is 5.78 Å². The molecule has 0 saturated carbocycles. The standard InChI is InChI=1S/C23H23N3O/c1-14-8-10-15(11-9-14)21-20-17(12-23(2,3)13-19(20)27)25-22-24-16-6-4-5-7-18(16)26(21)22/h4-11,21H,12-13H2,1-3H3,(H,24,25). The number of carbonyl (C=O) groups excluding carboxylic acids is 1. The van der Waals surface area contributed by atoms with E-state index in [-0.39, 0.29) is 17.2 Å². The number of anilines is 1. The summed E-state index contributed by atoms with van der Waals surface area (Å²) in [6.45, 7) is 6.41. The SMILES string of the molecule is Cc1ccc(C2C3=C(CC(C)(C)CC3=O)Nc3nc4ccccc4n32)cc1. The lowest BCUT2D eigenvalue weighted by atomic mass is 9.73. The Morgan fingerprint density at radius 1 is 1.07 bits per heavy atom. The molecule has 1 aromatic heterocycles. The number of carbonyl (C=O) groups is 1. The van der Waals surface area contributed by atoms with Gasteiger partial charge in [-0.25, -0.2) is 4.98 Å². The average molecular weight is 357 g/mol. The molecule has 3 aromatic rings. The van der Waals surface area contributed by atoms with Crippen molar-refractivity contribution < 1.29 is 4.79 Å². The monoisotopic (exact) mass is 357 g/mol. The number of nitrogens with zero attached hydrogens (tertiary/aromatic N) is 2. The number of ketones is 1. The maximum Gasteiger partial charge on any atom is 0.209 e. The number of nitrogens with one attached hydrogen (secondary N) is 1. The number of rotatable bonds is 1. The first kappa shape index (κ1) is 16.3. The van der Waals surface area contributed by atoms with E-state index in [1.807, 2.05) is 18.2 Å². The first-order chi connectivity index (χ1) is 12.9. The summed E-state index contributed by atoms with van der Waals surface area (Å²) in [5.74, 6) is 1.06. The van der Waals surface area contributed by atoms with Crippen molar-refractivity contribution in [3.63, 3.8) is 0 Å². The molecular weight excluding hydrogens is 334 g/mol. The number of hydrogen-bond donors (Lipinski definition) is 1. The van der Waals surface area contributed by atoms with Crippen LogP contribution in [0.15, 0.2) is 59.8 Å². The van der Waals surface area contributed by atoms with Gasteiger partial charge in [0, 0.05) is 17.7 Å². The second-order valence-electron chi connectivity index (χ2n) is 8.57. The third-order valence-corrected chi connectivity index (χ3v) is 5.70. The Labute approximate surface area is 158 Å². The van der Waals surface area contributed by atoms with Crippen molar-refractivity contribution in [2.24, 2.45) is 5.41 Å². The predicted octanol–water partition coefficient (Wildman–Crippen LogP) is 5.00. The highest BCUT2D eigenvalue weighted by atomic mass is 16.1. The summed E-state index contributed by atoms with van der Waals surface area (Å²) in [5, 5.41) is 3.50. The van der Waals surface area contributed by atoms with Gasteiger partial charge in [-0.3, -0.25) is 9.36 Å². The second-order valence-corrected chi connectivity index (χ2v) is 8.57. The molecule has 5 rings (SSSR count). The van der Waals surface area contributed by atoms with E-state index in [1.165, 1.54) is 5.56 Å². The number of aromatic nitrogens is 2. The molecule has 1 N–H and O–H groups in total. The van der Waals surface area contributed by atoms with Crippen LogP contribution >= 0.6 is 0 Å². The van der Waals surface area contributed by atoms with E-state index in [0.717, 1.165) is 40.2 Å². The summed E-state index contributed by atoms with van der Waals surface area (Å²) < 4.78 is 2.19. The van der Waals surface area contributed by atoms with Gasteiger partial charge in [-0.05, 0) is 36.5 Å². The molecule has 136 valence electrons. The highest BCUT2D eigenvalue weighted by Crippen LogP contribution is 2.46. The van der Waals surface area contributed by atoms with Crippen LogP contribution in [0.1, 0.15) is 43.9 Å². The molecule has 0 fully saturated rings. The molecule has 1 atom stereocenters. The Balaban J connectivity index is 1.79. The van der Waals surface area contributed by atoms with Crippen LogP contribution in [0.4, 0.5) is 5.95 Å². The minimum Gasteiger partial charge on any atom is -0.329 e. The molecule has 27 heavy (non-hydrogen) atoms. The Bertz CT molecular complexity index is 1100. The van der Waals surface area contributed by atoms with Crippen LogP contribution in [0, 0.1) is 12.3 Å². The number of benzene rings is 2. The summed E-state index contributed by atoms with van der Waals surface area (Å²) in [5.41, 5.74) is 6.24. The second kappa shape index (κ2) is 5.56. The van der Waals surface area contributed by atoms with E-state index in [9.17, 15) is 4.79 Å². The van der Waals surface area contributed by atoms with Crippen molar-refractivity contribution in [3.8, 4) is 0 Å². The number of allylic oxidation sites excluding steroid dienone is 2. The van der Waals surface area contributed by atoms with Crippen LogP contribution in [0.5, 0.6) is 0 Å². The van der Waals surface area contributed by atoms with E-state index in [0.29, 0.717) is 6.42 Å². The quantitative estimate of drug-likeness (QED) is 0.666. The Morgan fingerprint density at radius 3 is 2.59 bits per heavy atom. The van der Waals surface area contributed by atoms with Gasteiger partial charge in [-0.15, -0.1) is 0 Å².